The van der Waals surface area contributed by atoms with Crippen LogP contribution in [0.15, 0.2) is 83.8 Å². The fraction of sp³-hybridized carbons (Fsp3) is 0.167. The number of non-ortho nitro benzene ring substituents is 1. The molecule has 2 unspecified atom stereocenters. The van der Waals surface area contributed by atoms with Crippen molar-refractivity contribution in [3.63, 3.8) is 0 Å². The average molecular weight is 451 g/mol. The summed E-state index contributed by atoms with van der Waals surface area (Å²) in [5.74, 6) is -0.985. The van der Waals surface area contributed by atoms with Crippen LogP contribution in [0.3, 0.4) is 0 Å². The standard InChI is InChI=1S/C24H22N2O5S/c1-16(31-24(28)17(2)32-20-14-12-19(13-15-20)26(29)30)23(27)25-22-11-7-6-10-21(22)18-8-4-3-5-9-18/h3-17H,1-2H3,(H,25,27). The van der Waals surface area contributed by atoms with E-state index in [-0.39, 0.29) is 5.69 Å². The molecule has 3 aromatic rings. The van der Waals surface area contributed by atoms with Crippen molar-refractivity contribution in [1.29, 1.82) is 0 Å². The third-order valence-corrected chi connectivity index (χ3v) is 5.71. The second kappa shape index (κ2) is 10.6. The lowest BCUT2D eigenvalue weighted by molar-refractivity contribution is -0.384. The molecule has 0 heterocycles. The lowest BCUT2D eigenvalue weighted by atomic mass is 10.0. The Kier molecular flexibility index (Phi) is 7.62. The Labute approximate surface area is 189 Å². The molecule has 0 saturated carbocycles. The molecule has 0 aliphatic rings. The van der Waals surface area contributed by atoms with Gasteiger partial charge in [0, 0.05) is 28.3 Å². The van der Waals surface area contributed by atoms with Crippen molar-refractivity contribution in [1.82, 2.24) is 0 Å². The van der Waals surface area contributed by atoms with E-state index in [1.165, 1.54) is 30.8 Å². The topological polar surface area (TPSA) is 98.5 Å². The molecule has 7 nitrogen and oxygen atoms in total. The first-order valence-corrected chi connectivity index (χ1v) is 10.8. The summed E-state index contributed by atoms with van der Waals surface area (Å²) >= 11 is 1.20. The van der Waals surface area contributed by atoms with Crippen LogP contribution in [0, 0.1) is 10.1 Å². The molecular weight excluding hydrogens is 428 g/mol. The Balaban J connectivity index is 1.60. The quantitative estimate of drug-likeness (QED) is 0.216. The van der Waals surface area contributed by atoms with Crippen molar-refractivity contribution in [2.24, 2.45) is 0 Å². The lowest BCUT2D eigenvalue weighted by Crippen LogP contribution is -2.32. The number of benzene rings is 3. The van der Waals surface area contributed by atoms with Crippen LogP contribution in [0.25, 0.3) is 11.1 Å². The van der Waals surface area contributed by atoms with Gasteiger partial charge in [-0.25, -0.2) is 0 Å². The second-order valence-corrected chi connectivity index (χ2v) is 8.41. The first-order valence-electron chi connectivity index (χ1n) is 9.92. The Bertz CT molecular complexity index is 1100. The second-order valence-electron chi connectivity index (χ2n) is 6.99. The van der Waals surface area contributed by atoms with E-state index in [2.05, 4.69) is 5.32 Å². The summed E-state index contributed by atoms with van der Waals surface area (Å²) in [4.78, 5) is 36.1. The van der Waals surface area contributed by atoms with Gasteiger partial charge >= 0.3 is 5.97 Å². The molecule has 0 bridgehead atoms. The molecule has 3 aromatic carbocycles. The number of anilines is 1. The molecule has 2 atom stereocenters. The summed E-state index contributed by atoms with van der Waals surface area (Å²) in [5, 5.41) is 13.0. The first-order chi connectivity index (χ1) is 15.3. The van der Waals surface area contributed by atoms with Crippen LogP contribution in [0.1, 0.15) is 13.8 Å². The van der Waals surface area contributed by atoms with E-state index in [4.69, 9.17) is 4.74 Å². The van der Waals surface area contributed by atoms with Crippen molar-refractivity contribution in [2.75, 3.05) is 5.32 Å². The molecule has 0 saturated heterocycles. The smallest absolute Gasteiger partial charge is 0.319 e. The summed E-state index contributed by atoms with van der Waals surface area (Å²) in [6.45, 7) is 3.17. The number of amides is 1. The zero-order valence-electron chi connectivity index (χ0n) is 17.6. The van der Waals surface area contributed by atoms with Gasteiger partial charge in [0.2, 0.25) is 0 Å². The van der Waals surface area contributed by atoms with Gasteiger partial charge in [0.1, 0.15) is 5.25 Å². The number of para-hydroxylation sites is 1. The molecule has 0 aliphatic carbocycles. The third kappa shape index (κ3) is 5.95. The summed E-state index contributed by atoms with van der Waals surface area (Å²) in [7, 11) is 0. The van der Waals surface area contributed by atoms with Gasteiger partial charge in [0.05, 0.1) is 4.92 Å². The SMILES string of the molecule is CC(OC(=O)C(C)Sc1ccc([N+](=O)[O-])cc1)C(=O)Nc1ccccc1-c1ccccc1. The fourth-order valence-corrected chi connectivity index (χ4v) is 3.77. The fourth-order valence-electron chi connectivity index (χ4n) is 2.92. The number of carbonyl (C=O) groups excluding carboxylic acids is 2. The van der Waals surface area contributed by atoms with Crippen LogP contribution in [0.4, 0.5) is 11.4 Å². The normalized spacial score (nSPS) is 12.4. The van der Waals surface area contributed by atoms with Crippen LogP contribution in [-0.4, -0.2) is 28.2 Å². The molecular formula is C24H22N2O5S. The van der Waals surface area contributed by atoms with Gasteiger partial charge in [-0.05, 0) is 37.6 Å². The molecule has 8 heteroatoms. The minimum Gasteiger partial charge on any atom is -0.452 e. The number of hydrogen-bond donors (Lipinski definition) is 1. The van der Waals surface area contributed by atoms with Gasteiger partial charge in [-0.15, -0.1) is 11.8 Å². The minimum atomic E-state index is -0.994. The van der Waals surface area contributed by atoms with Crippen molar-refractivity contribution < 1.29 is 19.2 Å². The third-order valence-electron chi connectivity index (χ3n) is 4.62. The molecule has 0 spiro atoms. The van der Waals surface area contributed by atoms with E-state index >= 15 is 0 Å². The molecule has 1 N–H and O–H groups in total. The number of hydrogen-bond acceptors (Lipinski definition) is 6. The predicted octanol–water partition coefficient (Wildman–Crippen LogP) is 5.31. The highest BCUT2D eigenvalue weighted by Gasteiger charge is 2.23. The molecule has 164 valence electrons. The Hall–Kier alpha value is -3.65. The van der Waals surface area contributed by atoms with Crippen molar-refractivity contribution in [3.8, 4) is 11.1 Å². The van der Waals surface area contributed by atoms with Gasteiger partial charge in [-0.3, -0.25) is 19.7 Å². The highest BCUT2D eigenvalue weighted by molar-refractivity contribution is 8.00. The molecule has 32 heavy (non-hydrogen) atoms. The monoisotopic (exact) mass is 450 g/mol. The van der Waals surface area contributed by atoms with Gasteiger partial charge in [0.15, 0.2) is 6.10 Å². The number of nitrogens with zero attached hydrogens (tertiary/aromatic N) is 1. The summed E-state index contributed by atoms with van der Waals surface area (Å²) < 4.78 is 5.35. The number of nitro groups is 1. The van der Waals surface area contributed by atoms with E-state index in [0.717, 1.165) is 11.1 Å². The zero-order valence-corrected chi connectivity index (χ0v) is 18.4. The van der Waals surface area contributed by atoms with Gasteiger partial charge in [-0.2, -0.15) is 0 Å². The van der Waals surface area contributed by atoms with Crippen LogP contribution in [0.5, 0.6) is 0 Å². The molecule has 0 aliphatic heterocycles. The molecule has 0 aromatic heterocycles. The number of thioether (sulfide) groups is 1. The van der Waals surface area contributed by atoms with Gasteiger partial charge < -0.3 is 10.1 Å². The summed E-state index contributed by atoms with van der Waals surface area (Å²) in [6, 6.07) is 23.0. The predicted molar refractivity (Wildman–Crippen MR) is 124 cm³/mol. The zero-order chi connectivity index (χ0) is 23.1. The van der Waals surface area contributed by atoms with E-state index in [0.29, 0.717) is 10.6 Å². The van der Waals surface area contributed by atoms with E-state index in [1.807, 2.05) is 48.5 Å². The highest BCUT2D eigenvalue weighted by Crippen LogP contribution is 2.28. The van der Waals surface area contributed by atoms with E-state index < -0.39 is 28.2 Å². The van der Waals surface area contributed by atoms with Crippen molar-refractivity contribution >= 4 is 35.0 Å². The van der Waals surface area contributed by atoms with Crippen LogP contribution >= 0.6 is 11.8 Å². The van der Waals surface area contributed by atoms with Gasteiger partial charge in [-0.1, -0.05) is 48.5 Å². The van der Waals surface area contributed by atoms with Crippen LogP contribution in [-0.2, 0) is 14.3 Å². The first kappa shape index (κ1) is 23.0. The molecule has 1 amide bonds. The summed E-state index contributed by atoms with van der Waals surface area (Å²) in [5.41, 5.74) is 2.42. The Morgan fingerprint density at radius 1 is 0.938 bits per heavy atom. The van der Waals surface area contributed by atoms with Crippen LogP contribution in [0.2, 0.25) is 0 Å². The Morgan fingerprint density at radius 3 is 2.22 bits per heavy atom. The molecule has 0 radical (unpaired) electrons. The maximum Gasteiger partial charge on any atom is 0.319 e. The van der Waals surface area contributed by atoms with Crippen LogP contribution < -0.4 is 5.32 Å². The average Bonchev–Trinajstić information content (AvgIpc) is 2.80. The van der Waals surface area contributed by atoms with Gasteiger partial charge in [0.25, 0.3) is 11.6 Å². The van der Waals surface area contributed by atoms with Crippen molar-refractivity contribution in [3.05, 3.63) is 89.0 Å². The number of nitro benzene ring substituents is 1. The van der Waals surface area contributed by atoms with E-state index in [1.54, 1.807) is 25.1 Å². The maximum atomic E-state index is 12.7. The Morgan fingerprint density at radius 2 is 1.56 bits per heavy atom. The maximum absolute atomic E-state index is 12.7. The van der Waals surface area contributed by atoms with E-state index in [9.17, 15) is 19.7 Å². The highest BCUT2D eigenvalue weighted by atomic mass is 32.2. The lowest BCUT2D eigenvalue weighted by Gasteiger charge is -2.18. The molecule has 3 rings (SSSR count). The number of esters is 1. The molecule has 0 fully saturated rings. The summed E-state index contributed by atoms with van der Waals surface area (Å²) in [6.07, 6.45) is -0.994. The number of ether oxygens (including phenoxy) is 1. The largest absolute Gasteiger partial charge is 0.452 e. The number of carbonyl (C=O) groups is 2. The minimum absolute atomic E-state index is 0.0225. The number of rotatable bonds is 8. The van der Waals surface area contributed by atoms with Crippen molar-refractivity contribution in [2.45, 2.75) is 30.1 Å². The number of nitrogens with one attached hydrogen (secondary N) is 1.